The largest absolute Gasteiger partial charge is 0.493 e. The number of nitrogens with one attached hydrogen (secondary N) is 1. The van der Waals surface area contributed by atoms with Crippen LogP contribution in [0, 0.1) is 24.2 Å². The number of hydrogen-bond acceptors (Lipinski definition) is 7. The van der Waals surface area contributed by atoms with E-state index < -0.39 is 0 Å². The van der Waals surface area contributed by atoms with Gasteiger partial charge in [0.05, 0.1) is 17.9 Å². The molecule has 1 N–H and O–H groups in total. The van der Waals surface area contributed by atoms with Gasteiger partial charge in [0.1, 0.15) is 22.6 Å². The highest BCUT2D eigenvalue weighted by molar-refractivity contribution is 7.99. The molecule has 0 saturated carbocycles. The Hall–Kier alpha value is -2.54. The predicted molar refractivity (Wildman–Crippen MR) is 145 cm³/mol. The summed E-state index contributed by atoms with van der Waals surface area (Å²) in [6.45, 7) is 4.74. The Bertz CT molecular complexity index is 1280. The SMILES string of the molecule is CCC1CCc2c(sc(NC(=O)CSc3nnc(CCCOc4ccc(Cl)cc4C)n3C)c2C#N)C1. The third-order valence-corrected chi connectivity index (χ3v) is 8.93. The highest BCUT2D eigenvalue weighted by Crippen LogP contribution is 2.40. The van der Waals surface area contributed by atoms with Crippen molar-refractivity contribution in [2.24, 2.45) is 13.0 Å². The Morgan fingerprint density at radius 2 is 2.25 bits per heavy atom. The molecule has 1 aromatic carbocycles. The zero-order valence-corrected chi connectivity index (χ0v) is 23.2. The molecule has 0 bridgehead atoms. The molecule has 2 heterocycles. The molecule has 0 aliphatic heterocycles. The van der Waals surface area contributed by atoms with Gasteiger partial charge in [0.15, 0.2) is 5.16 Å². The minimum atomic E-state index is -0.140. The second-order valence-electron chi connectivity index (χ2n) is 8.99. The van der Waals surface area contributed by atoms with Gasteiger partial charge >= 0.3 is 0 Å². The summed E-state index contributed by atoms with van der Waals surface area (Å²) in [6, 6.07) is 7.90. The van der Waals surface area contributed by atoms with E-state index in [-0.39, 0.29) is 11.7 Å². The van der Waals surface area contributed by atoms with Crippen LogP contribution in [-0.4, -0.2) is 33.0 Å². The summed E-state index contributed by atoms with van der Waals surface area (Å²) in [6.07, 6.45) is 5.68. The quantitative estimate of drug-likeness (QED) is 0.250. The van der Waals surface area contributed by atoms with Crippen molar-refractivity contribution in [1.82, 2.24) is 14.8 Å². The molecule has 1 atom stereocenters. The van der Waals surface area contributed by atoms with E-state index in [4.69, 9.17) is 16.3 Å². The number of nitriles is 1. The van der Waals surface area contributed by atoms with Crippen LogP contribution in [0.3, 0.4) is 0 Å². The molecule has 190 valence electrons. The number of halogens is 1. The van der Waals surface area contributed by atoms with Gasteiger partial charge < -0.3 is 14.6 Å². The highest BCUT2D eigenvalue weighted by Gasteiger charge is 2.26. The maximum atomic E-state index is 12.7. The Morgan fingerprint density at radius 1 is 1.42 bits per heavy atom. The van der Waals surface area contributed by atoms with E-state index in [1.165, 1.54) is 16.6 Å². The molecule has 1 amide bonds. The van der Waals surface area contributed by atoms with Crippen molar-refractivity contribution in [2.45, 2.75) is 57.5 Å². The summed E-state index contributed by atoms with van der Waals surface area (Å²) in [4.78, 5) is 13.9. The number of amides is 1. The zero-order valence-electron chi connectivity index (χ0n) is 20.8. The van der Waals surface area contributed by atoms with Crippen molar-refractivity contribution >= 4 is 45.6 Å². The van der Waals surface area contributed by atoms with Crippen LogP contribution in [0.15, 0.2) is 23.4 Å². The van der Waals surface area contributed by atoms with Gasteiger partial charge in [0.25, 0.3) is 0 Å². The molecule has 3 aromatic rings. The number of carbonyl (C=O) groups excluding carboxylic acids is 1. The van der Waals surface area contributed by atoms with Crippen molar-refractivity contribution in [1.29, 1.82) is 5.26 Å². The molecular weight excluding hydrogens is 514 g/mol. The fourth-order valence-electron chi connectivity index (χ4n) is 4.38. The molecule has 36 heavy (non-hydrogen) atoms. The summed E-state index contributed by atoms with van der Waals surface area (Å²) in [5, 5.41) is 23.3. The van der Waals surface area contributed by atoms with Crippen LogP contribution in [-0.2, 0) is 31.1 Å². The summed E-state index contributed by atoms with van der Waals surface area (Å²) >= 11 is 8.90. The Kier molecular flexibility index (Phi) is 8.94. The first kappa shape index (κ1) is 26.5. The fourth-order valence-corrected chi connectivity index (χ4v) is 6.66. The number of ether oxygens (including phenoxy) is 1. The van der Waals surface area contributed by atoms with Crippen molar-refractivity contribution in [2.75, 3.05) is 17.7 Å². The maximum absolute atomic E-state index is 12.7. The number of nitrogens with zero attached hydrogens (tertiary/aromatic N) is 4. The average molecular weight is 544 g/mol. The lowest BCUT2D eigenvalue weighted by Gasteiger charge is -2.20. The second-order valence-corrected chi connectivity index (χ2v) is 11.5. The number of aryl methyl sites for hydroxylation is 2. The number of carbonyl (C=O) groups is 1. The molecule has 4 rings (SSSR count). The van der Waals surface area contributed by atoms with E-state index in [2.05, 4.69) is 28.5 Å². The lowest BCUT2D eigenvalue weighted by Crippen LogP contribution is -2.14. The van der Waals surface area contributed by atoms with Gasteiger partial charge in [-0.15, -0.1) is 21.5 Å². The van der Waals surface area contributed by atoms with E-state index in [0.717, 1.165) is 54.8 Å². The summed E-state index contributed by atoms with van der Waals surface area (Å²) in [7, 11) is 1.91. The van der Waals surface area contributed by atoms with Crippen LogP contribution in [0.25, 0.3) is 0 Å². The molecular formula is C26H30ClN5O2S2. The van der Waals surface area contributed by atoms with Gasteiger partial charge in [-0.05, 0) is 67.9 Å². The minimum absolute atomic E-state index is 0.140. The molecule has 1 aliphatic rings. The van der Waals surface area contributed by atoms with Crippen molar-refractivity contribution < 1.29 is 9.53 Å². The first-order chi connectivity index (χ1) is 17.4. The number of fused-ring (bicyclic) bond motifs is 1. The second kappa shape index (κ2) is 12.1. The first-order valence-electron chi connectivity index (χ1n) is 12.1. The summed E-state index contributed by atoms with van der Waals surface area (Å²) < 4.78 is 7.78. The minimum Gasteiger partial charge on any atom is -0.493 e. The number of thioether (sulfide) groups is 1. The molecule has 0 fully saturated rings. The third-order valence-electron chi connectivity index (χ3n) is 6.51. The van der Waals surface area contributed by atoms with Crippen LogP contribution in [0.5, 0.6) is 5.75 Å². The van der Waals surface area contributed by atoms with Crippen molar-refractivity contribution in [3.8, 4) is 11.8 Å². The zero-order chi connectivity index (χ0) is 25.7. The van der Waals surface area contributed by atoms with Gasteiger partial charge in [-0.25, -0.2) is 0 Å². The third kappa shape index (κ3) is 6.23. The van der Waals surface area contributed by atoms with Crippen LogP contribution >= 0.6 is 34.7 Å². The predicted octanol–water partition coefficient (Wildman–Crippen LogP) is 5.97. The van der Waals surface area contributed by atoms with Crippen LogP contribution in [0.2, 0.25) is 5.02 Å². The fraction of sp³-hybridized carbons (Fsp3) is 0.462. The monoisotopic (exact) mass is 543 g/mol. The van der Waals surface area contributed by atoms with Crippen molar-refractivity contribution in [3.63, 3.8) is 0 Å². The Labute approximate surface area is 225 Å². The van der Waals surface area contributed by atoms with Crippen molar-refractivity contribution in [3.05, 3.63) is 50.6 Å². The average Bonchev–Trinajstić information content (AvgIpc) is 3.39. The number of rotatable bonds is 10. The highest BCUT2D eigenvalue weighted by atomic mass is 35.5. The van der Waals surface area contributed by atoms with Gasteiger partial charge in [0, 0.05) is 23.4 Å². The lowest BCUT2D eigenvalue weighted by molar-refractivity contribution is -0.113. The molecule has 10 heteroatoms. The Morgan fingerprint density at radius 3 is 3.00 bits per heavy atom. The molecule has 0 saturated heterocycles. The maximum Gasteiger partial charge on any atom is 0.235 e. The normalized spacial score (nSPS) is 14.8. The number of benzene rings is 1. The standard InChI is InChI=1S/C26H30ClN5O2S2/c1-4-17-7-9-19-20(14-28)25(36-22(19)13-17)29-24(33)15-35-26-31-30-23(32(26)3)6-5-11-34-21-10-8-18(27)12-16(21)2/h8,10,12,17H,4-7,9,11,13,15H2,1-3H3,(H,29,33). The number of aromatic nitrogens is 3. The van der Waals surface area contributed by atoms with E-state index >= 15 is 0 Å². The van der Waals surface area contributed by atoms with E-state index in [1.807, 2.05) is 36.7 Å². The van der Waals surface area contributed by atoms with Gasteiger partial charge in [0.2, 0.25) is 5.91 Å². The Balaban J connectivity index is 1.27. The van der Waals surface area contributed by atoms with Gasteiger partial charge in [-0.1, -0.05) is 36.7 Å². The van der Waals surface area contributed by atoms with Gasteiger partial charge in [-0.3, -0.25) is 4.79 Å². The number of hydrogen-bond donors (Lipinski definition) is 1. The molecule has 7 nitrogen and oxygen atoms in total. The topological polar surface area (TPSA) is 92.8 Å². The van der Waals surface area contributed by atoms with Crippen LogP contribution < -0.4 is 10.1 Å². The van der Waals surface area contributed by atoms with E-state index in [1.54, 1.807) is 11.3 Å². The molecule has 2 aromatic heterocycles. The smallest absolute Gasteiger partial charge is 0.235 e. The van der Waals surface area contributed by atoms with Crippen LogP contribution in [0.4, 0.5) is 5.00 Å². The van der Waals surface area contributed by atoms with Gasteiger partial charge in [-0.2, -0.15) is 5.26 Å². The summed E-state index contributed by atoms with van der Waals surface area (Å²) in [5.41, 5.74) is 2.77. The lowest BCUT2D eigenvalue weighted by atomic mass is 9.86. The number of anilines is 1. The first-order valence-corrected chi connectivity index (χ1v) is 14.3. The molecule has 1 unspecified atom stereocenters. The molecule has 0 radical (unpaired) electrons. The van der Waals surface area contributed by atoms with E-state index in [0.29, 0.717) is 39.7 Å². The molecule has 1 aliphatic carbocycles. The molecule has 0 spiro atoms. The number of thiophene rings is 1. The summed E-state index contributed by atoms with van der Waals surface area (Å²) in [5.74, 6) is 2.41. The van der Waals surface area contributed by atoms with Crippen LogP contribution in [0.1, 0.15) is 53.6 Å². The van der Waals surface area contributed by atoms with E-state index in [9.17, 15) is 10.1 Å².